The highest BCUT2D eigenvalue weighted by Crippen LogP contribution is 2.31. The topological polar surface area (TPSA) is 47.0 Å². The van der Waals surface area contributed by atoms with Crippen LogP contribution in [0.15, 0.2) is 54.7 Å². The molecule has 3 aromatic rings. The molecule has 3 rings (SSSR count). The molecule has 0 N–H and O–H groups in total. The number of carbonyl (C=O) groups is 2. The third kappa shape index (κ3) is 1.89. The maximum atomic E-state index is 11.3. The van der Waals surface area contributed by atoms with E-state index in [1.54, 1.807) is 24.4 Å². The number of aromatic nitrogens is 1. The van der Waals surface area contributed by atoms with Crippen molar-refractivity contribution in [2.24, 2.45) is 0 Å². The summed E-state index contributed by atoms with van der Waals surface area (Å²) >= 11 is 0. The van der Waals surface area contributed by atoms with Crippen LogP contribution in [0, 0.1) is 0 Å². The van der Waals surface area contributed by atoms with Gasteiger partial charge < -0.3 is 0 Å². The van der Waals surface area contributed by atoms with E-state index in [-0.39, 0.29) is 0 Å². The molecule has 0 atom stereocenters. The van der Waals surface area contributed by atoms with Crippen LogP contribution in [0.3, 0.4) is 0 Å². The van der Waals surface area contributed by atoms with Crippen LogP contribution in [0.2, 0.25) is 0 Å². The molecule has 0 bridgehead atoms. The summed E-state index contributed by atoms with van der Waals surface area (Å²) in [5, 5.41) is 0.924. The van der Waals surface area contributed by atoms with Gasteiger partial charge in [-0.1, -0.05) is 36.4 Å². The maximum Gasteiger partial charge on any atom is 0.150 e. The average Bonchev–Trinajstić information content (AvgIpc) is 2.53. The number of nitrogens with zero attached hydrogens (tertiary/aromatic N) is 1. The summed E-state index contributed by atoms with van der Waals surface area (Å²) < 4.78 is 0. The van der Waals surface area contributed by atoms with Crippen molar-refractivity contribution in [3.63, 3.8) is 0 Å². The number of carbonyl (C=O) groups excluding carboxylic acids is 2. The van der Waals surface area contributed by atoms with Crippen LogP contribution in [-0.4, -0.2) is 17.6 Å². The summed E-state index contributed by atoms with van der Waals surface area (Å²) in [4.78, 5) is 26.8. The summed E-state index contributed by atoms with van der Waals surface area (Å²) in [6, 6.07) is 14.6. The van der Waals surface area contributed by atoms with Gasteiger partial charge in [0.2, 0.25) is 0 Å². The first-order valence-electron chi connectivity index (χ1n) is 6.22. The van der Waals surface area contributed by atoms with E-state index in [1.165, 1.54) is 0 Å². The quantitative estimate of drug-likeness (QED) is 0.677. The first-order valence-corrected chi connectivity index (χ1v) is 6.22. The average molecular weight is 261 g/mol. The number of benzene rings is 2. The fourth-order valence-electron chi connectivity index (χ4n) is 2.42. The Kier molecular flexibility index (Phi) is 3.09. The minimum atomic E-state index is 0.506. The molecule has 0 radical (unpaired) electrons. The van der Waals surface area contributed by atoms with Gasteiger partial charge in [-0.2, -0.15) is 0 Å². The van der Waals surface area contributed by atoms with E-state index in [0.717, 1.165) is 29.0 Å². The van der Waals surface area contributed by atoms with Crippen molar-refractivity contribution in [3.05, 3.63) is 65.9 Å². The number of hydrogen-bond acceptors (Lipinski definition) is 3. The summed E-state index contributed by atoms with van der Waals surface area (Å²) in [7, 11) is 0. The molecule has 1 aromatic heterocycles. The third-order valence-electron chi connectivity index (χ3n) is 3.30. The predicted molar refractivity (Wildman–Crippen MR) is 78.0 cm³/mol. The molecule has 3 nitrogen and oxygen atoms in total. The molecule has 3 heteroatoms. The first kappa shape index (κ1) is 12.2. The van der Waals surface area contributed by atoms with Crippen molar-refractivity contribution in [1.29, 1.82) is 0 Å². The van der Waals surface area contributed by atoms with Crippen LogP contribution in [0.4, 0.5) is 0 Å². The lowest BCUT2D eigenvalue weighted by Crippen LogP contribution is -1.95. The van der Waals surface area contributed by atoms with Crippen molar-refractivity contribution < 1.29 is 9.59 Å². The molecule has 0 amide bonds. The standard InChI is InChI=1S/C17H11NO2/c19-10-12-4-1-5-13(11-20)17(12)15-6-2-8-16-14(15)7-3-9-18-16/h1-11H. The second-order valence-corrected chi connectivity index (χ2v) is 4.42. The Bertz CT molecular complexity index is 777. The molecule has 0 unspecified atom stereocenters. The lowest BCUT2D eigenvalue weighted by molar-refractivity contribution is 0.112. The molecule has 1 heterocycles. The predicted octanol–water partition coefficient (Wildman–Crippen LogP) is 3.53. The Morgan fingerprint density at radius 1 is 0.800 bits per heavy atom. The molecule has 0 aliphatic carbocycles. The molecule has 0 saturated carbocycles. The van der Waals surface area contributed by atoms with Gasteiger partial charge in [0.05, 0.1) is 5.52 Å². The van der Waals surface area contributed by atoms with Gasteiger partial charge >= 0.3 is 0 Å². The van der Waals surface area contributed by atoms with Gasteiger partial charge in [-0.3, -0.25) is 14.6 Å². The smallest absolute Gasteiger partial charge is 0.150 e. The zero-order chi connectivity index (χ0) is 13.9. The summed E-state index contributed by atoms with van der Waals surface area (Å²) in [5.74, 6) is 0. The lowest BCUT2D eigenvalue weighted by atomic mass is 9.93. The molecule has 0 aliphatic heterocycles. The van der Waals surface area contributed by atoms with E-state index in [4.69, 9.17) is 0 Å². The fourth-order valence-corrected chi connectivity index (χ4v) is 2.42. The highest BCUT2D eigenvalue weighted by Gasteiger charge is 2.12. The van der Waals surface area contributed by atoms with E-state index in [2.05, 4.69) is 4.98 Å². The summed E-state index contributed by atoms with van der Waals surface area (Å²) in [6.07, 6.45) is 3.27. The first-order chi connectivity index (χ1) is 9.85. The van der Waals surface area contributed by atoms with Crippen LogP contribution >= 0.6 is 0 Å². The number of rotatable bonds is 3. The summed E-state index contributed by atoms with van der Waals surface area (Å²) in [6.45, 7) is 0. The molecule has 20 heavy (non-hydrogen) atoms. The molecule has 0 aliphatic rings. The Hall–Kier alpha value is -2.81. The van der Waals surface area contributed by atoms with Crippen molar-refractivity contribution >= 4 is 23.5 Å². The van der Waals surface area contributed by atoms with Gasteiger partial charge in [-0.05, 0) is 17.7 Å². The second-order valence-electron chi connectivity index (χ2n) is 4.42. The number of fused-ring (bicyclic) bond motifs is 1. The van der Waals surface area contributed by atoms with Gasteiger partial charge in [0.25, 0.3) is 0 Å². The lowest BCUT2D eigenvalue weighted by Gasteiger charge is -2.11. The van der Waals surface area contributed by atoms with E-state index < -0.39 is 0 Å². The van der Waals surface area contributed by atoms with Gasteiger partial charge in [-0.15, -0.1) is 0 Å². The third-order valence-corrected chi connectivity index (χ3v) is 3.30. The van der Waals surface area contributed by atoms with Crippen molar-refractivity contribution in [2.75, 3.05) is 0 Å². The monoisotopic (exact) mass is 261 g/mol. The highest BCUT2D eigenvalue weighted by atomic mass is 16.1. The van der Waals surface area contributed by atoms with Gasteiger partial charge in [0.15, 0.2) is 12.6 Å². The van der Waals surface area contributed by atoms with Crippen molar-refractivity contribution in [1.82, 2.24) is 4.98 Å². The molecule has 0 spiro atoms. The van der Waals surface area contributed by atoms with Gasteiger partial charge in [-0.25, -0.2) is 0 Å². The van der Waals surface area contributed by atoms with E-state index in [9.17, 15) is 9.59 Å². The SMILES string of the molecule is O=Cc1cccc(C=O)c1-c1cccc2ncccc12. The molecular weight excluding hydrogens is 250 g/mol. The largest absolute Gasteiger partial charge is 0.298 e. The van der Waals surface area contributed by atoms with Crippen LogP contribution in [0.25, 0.3) is 22.0 Å². The molecular formula is C17H11NO2. The van der Waals surface area contributed by atoms with Gasteiger partial charge in [0, 0.05) is 28.3 Å². The Morgan fingerprint density at radius 2 is 1.50 bits per heavy atom. The minimum Gasteiger partial charge on any atom is -0.298 e. The molecule has 2 aromatic carbocycles. The van der Waals surface area contributed by atoms with Crippen LogP contribution in [0.5, 0.6) is 0 Å². The van der Waals surface area contributed by atoms with E-state index >= 15 is 0 Å². The number of hydrogen-bond donors (Lipinski definition) is 0. The van der Waals surface area contributed by atoms with E-state index in [1.807, 2.05) is 30.3 Å². The zero-order valence-electron chi connectivity index (χ0n) is 10.6. The second kappa shape index (κ2) is 5.05. The Labute approximate surface area is 115 Å². The maximum absolute atomic E-state index is 11.3. The normalized spacial score (nSPS) is 10.4. The number of aldehydes is 2. The van der Waals surface area contributed by atoms with Crippen molar-refractivity contribution in [2.45, 2.75) is 0 Å². The fraction of sp³-hybridized carbons (Fsp3) is 0. The van der Waals surface area contributed by atoms with E-state index in [0.29, 0.717) is 16.7 Å². The highest BCUT2D eigenvalue weighted by molar-refractivity contribution is 6.04. The van der Waals surface area contributed by atoms with Crippen LogP contribution < -0.4 is 0 Å². The van der Waals surface area contributed by atoms with Gasteiger partial charge in [0.1, 0.15) is 0 Å². The van der Waals surface area contributed by atoms with Crippen LogP contribution in [0.1, 0.15) is 20.7 Å². The number of pyridine rings is 1. The Balaban J connectivity index is 2.42. The minimum absolute atomic E-state index is 0.506. The Morgan fingerprint density at radius 3 is 2.20 bits per heavy atom. The molecule has 96 valence electrons. The van der Waals surface area contributed by atoms with Crippen molar-refractivity contribution in [3.8, 4) is 11.1 Å². The molecule has 0 saturated heterocycles. The van der Waals surface area contributed by atoms with Crippen LogP contribution in [-0.2, 0) is 0 Å². The summed E-state index contributed by atoms with van der Waals surface area (Å²) in [5.41, 5.74) is 3.36. The zero-order valence-corrected chi connectivity index (χ0v) is 10.6. The molecule has 0 fully saturated rings.